The molecule has 1 aromatic carbocycles. The highest BCUT2D eigenvalue weighted by Crippen LogP contribution is 2.24. The lowest BCUT2D eigenvalue weighted by atomic mass is 10.0. The Morgan fingerprint density at radius 2 is 1.88 bits per heavy atom. The topological polar surface area (TPSA) is 54.4 Å². The molecule has 0 unspecified atom stereocenters. The predicted octanol–water partition coefficient (Wildman–Crippen LogP) is 2.64. The van der Waals surface area contributed by atoms with Crippen molar-refractivity contribution in [2.75, 3.05) is 5.75 Å². The first-order valence-corrected chi connectivity index (χ1v) is 7.15. The predicted molar refractivity (Wildman–Crippen MR) is 69.1 cm³/mol. The Hall–Kier alpha value is -1.16. The van der Waals surface area contributed by atoms with E-state index >= 15 is 0 Å². The molecule has 0 aliphatic carbocycles. The number of benzene rings is 1. The Morgan fingerprint density at radius 1 is 1.24 bits per heavy atom. The van der Waals surface area contributed by atoms with Crippen LogP contribution < -0.4 is 0 Å². The number of carboxylic acid groups (broad SMARTS) is 1. The summed E-state index contributed by atoms with van der Waals surface area (Å²) in [5, 5.41) is 9.14. The van der Waals surface area contributed by atoms with E-state index in [0.717, 1.165) is 22.4 Å². The molecule has 0 spiro atoms. The maximum absolute atomic E-state index is 12.1. The third kappa shape index (κ3) is 2.75. The summed E-state index contributed by atoms with van der Waals surface area (Å²) in [6.45, 7) is 5.74. The molecule has 0 amide bonds. The van der Waals surface area contributed by atoms with Gasteiger partial charge in [-0.1, -0.05) is 26.8 Å². The summed E-state index contributed by atoms with van der Waals surface area (Å²) in [5.74, 6) is -0.429. The highest BCUT2D eigenvalue weighted by atomic mass is 32.2. The number of aryl methyl sites for hydroxylation is 1. The van der Waals surface area contributed by atoms with E-state index in [1.165, 1.54) is 0 Å². The first-order valence-electron chi connectivity index (χ1n) is 5.83. The van der Waals surface area contributed by atoms with Crippen LogP contribution in [0.1, 0.15) is 42.3 Å². The molecule has 0 bridgehead atoms. The van der Waals surface area contributed by atoms with Gasteiger partial charge in [0.1, 0.15) is 0 Å². The van der Waals surface area contributed by atoms with Crippen LogP contribution in [0.25, 0.3) is 0 Å². The summed E-state index contributed by atoms with van der Waals surface area (Å²) >= 11 is 0. The summed E-state index contributed by atoms with van der Waals surface area (Å²) in [6.07, 6.45) is 1.37. The van der Waals surface area contributed by atoms with Crippen molar-refractivity contribution in [1.82, 2.24) is 0 Å². The first-order chi connectivity index (χ1) is 8.06. The van der Waals surface area contributed by atoms with Gasteiger partial charge in [-0.3, -0.25) is 4.21 Å². The number of hydrogen-bond acceptors (Lipinski definition) is 2. The Kier molecular flexibility index (Phi) is 4.87. The summed E-state index contributed by atoms with van der Waals surface area (Å²) < 4.78 is 12.1. The molecular weight excluding hydrogens is 236 g/mol. The molecule has 0 saturated carbocycles. The molecule has 0 aliphatic heterocycles. The molecule has 0 radical (unpaired) electrons. The van der Waals surface area contributed by atoms with Gasteiger partial charge in [-0.05, 0) is 30.0 Å². The highest BCUT2D eigenvalue weighted by molar-refractivity contribution is 7.85. The molecule has 0 aliphatic rings. The summed E-state index contributed by atoms with van der Waals surface area (Å²) in [7, 11) is -1.10. The number of carboxylic acids is 1. The minimum atomic E-state index is -1.10. The van der Waals surface area contributed by atoms with Gasteiger partial charge in [0.25, 0.3) is 0 Å². The van der Waals surface area contributed by atoms with Crippen molar-refractivity contribution in [3.63, 3.8) is 0 Å². The largest absolute Gasteiger partial charge is 0.478 e. The van der Waals surface area contributed by atoms with Gasteiger partial charge in [-0.15, -0.1) is 0 Å². The number of rotatable bonds is 5. The molecule has 3 nitrogen and oxygen atoms in total. The first kappa shape index (κ1) is 13.9. The van der Waals surface area contributed by atoms with Gasteiger partial charge in [-0.2, -0.15) is 0 Å². The zero-order valence-electron chi connectivity index (χ0n) is 10.4. The summed E-state index contributed by atoms with van der Waals surface area (Å²) in [4.78, 5) is 11.9. The fourth-order valence-electron chi connectivity index (χ4n) is 1.93. The van der Waals surface area contributed by atoms with E-state index < -0.39 is 16.8 Å². The second kappa shape index (κ2) is 5.96. The molecule has 0 saturated heterocycles. The molecular formula is C13H18O3S. The van der Waals surface area contributed by atoms with Gasteiger partial charge in [0.05, 0.1) is 16.4 Å². The SMILES string of the molecule is CCc1ccc(C(=O)O)c(CC)c1[S@@](=O)CC. The van der Waals surface area contributed by atoms with Crippen molar-refractivity contribution in [1.29, 1.82) is 0 Å². The van der Waals surface area contributed by atoms with Crippen LogP contribution in [0.2, 0.25) is 0 Å². The Labute approximate surface area is 104 Å². The Morgan fingerprint density at radius 3 is 2.29 bits per heavy atom. The number of carbonyl (C=O) groups is 1. The number of aromatic carboxylic acids is 1. The highest BCUT2D eigenvalue weighted by Gasteiger charge is 2.18. The number of hydrogen-bond donors (Lipinski definition) is 1. The van der Waals surface area contributed by atoms with Crippen LogP contribution in [0.15, 0.2) is 17.0 Å². The van der Waals surface area contributed by atoms with Crippen molar-refractivity contribution in [2.24, 2.45) is 0 Å². The minimum Gasteiger partial charge on any atom is -0.478 e. The average molecular weight is 254 g/mol. The third-order valence-corrected chi connectivity index (χ3v) is 4.29. The molecule has 0 fully saturated rings. The van der Waals surface area contributed by atoms with Crippen LogP contribution >= 0.6 is 0 Å². The molecule has 1 aromatic rings. The minimum absolute atomic E-state index is 0.279. The molecule has 0 heterocycles. The maximum Gasteiger partial charge on any atom is 0.336 e. The van der Waals surface area contributed by atoms with Crippen molar-refractivity contribution in [3.05, 3.63) is 28.8 Å². The zero-order valence-corrected chi connectivity index (χ0v) is 11.3. The quantitative estimate of drug-likeness (QED) is 0.878. The van der Waals surface area contributed by atoms with Gasteiger partial charge in [0.15, 0.2) is 0 Å². The standard InChI is InChI=1S/C13H18O3S/c1-4-9-7-8-11(13(14)15)10(5-2)12(9)17(16)6-3/h7-8H,4-6H2,1-3H3,(H,14,15)/t17-/m0/s1. The average Bonchev–Trinajstić information content (AvgIpc) is 2.35. The van der Waals surface area contributed by atoms with E-state index in [1.807, 2.05) is 20.8 Å². The summed E-state index contributed by atoms with van der Waals surface area (Å²) in [6, 6.07) is 3.40. The van der Waals surface area contributed by atoms with Gasteiger partial charge in [0.2, 0.25) is 0 Å². The molecule has 17 heavy (non-hydrogen) atoms. The lowest BCUT2D eigenvalue weighted by Gasteiger charge is -2.14. The molecule has 4 heteroatoms. The van der Waals surface area contributed by atoms with Crippen LogP contribution in [-0.4, -0.2) is 21.0 Å². The Bertz CT molecular complexity index is 452. The van der Waals surface area contributed by atoms with Crippen LogP contribution in [-0.2, 0) is 23.6 Å². The van der Waals surface area contributed by atoms with Crippen molar-refractivity contribution in [2.45, 2.75) is 38.5 Å². The van der Waals surface area contributed by atoms with Gasteiger partial charge >= 0.3 is 5.97 Å². The molecule has 94 valence electrons. The van der Waals surface area contributed by atoms with Gasteiger partial charge in [0, 0.05) is 10.6 Å². The lowest BCUT2D eigenvalue weighted by Crippen LogP contribution is -2.10. The van der Waals surface area contributed by atoms with Gasteiger partial charge < -0.3 is 5.11 Å². The van der Waals surface area contributed by atoms with E-state index in [9.17, 15) is 9.00 Å². The lowest BCUT2D eigenvalue weighted by molar-refractivity contribution is 0.0695. The van der Waals surface area contributed by atoms with Crippen LogP contribution in [0.3, 0.4) is 0 Å². The second-order valence-electron chi connectivity index (χ2n) is 3.73. The van der Waals surface area contributed by atoms with Gasteiger partial charge in [-0.25, -0.2) is 4.79 Å². The Balaban J connectivity index is 3.54. The van der Waals surface area contributed by atoms with E-state index in [-0.39, 0.29) is 5.56 Å². The molecule has 1 N–H and O–H groups in total. The molecule has 1 rings (SSSR count). The van der Waals surface area contributed by atoms with Crippen LogP contribution in [0.5, 0.6) is 0 Å². The molecule has 1 atom stereocenters. The van der Waals surface area contributed by atoms with E-state index in [4.69, 9.17) is 5.11 Å². The van der Waals surface area contributed by atoms with Crippen LogP contribution in [0, 0.1) is 0 Å². The van der Waals surface area contributed by atoms with Crippen molar-refractivity contribution in [3.8, 4) is 0 Å². The third-order valence-electron chi connectivity index (χ3n) is 2.80. The van der Waals surface area contributed by atoms with Crippen molar-refractivity contribution >= 4 is 16.8 Å². The van der Waals surface area contributed by atoms with Crippen LogP contribution in [0.4, 0.5) is 0 Å². The van der Waals surface area contributed by atoms with E-state index in [1.54, 1.807) is 12.1 Å². The zero-order chi connectivity index (χ0) is 13.0. The van der Waals surface area contributed by atoms with E-state index in [2.05, 4.69) is 0 Å². The fraction of sp³-hybridized carbons (Fsp3) is 0.462. The monoisotopic (exact) mass is 254 g/mol. The van der Waals surface area contributed by atoms with E-state index in [0.29, 0.717) is 12.2 Å². The normalized spacial score (nSPS) is 12.4. The maximum atomic E-state index is 12.1. The fourth-order valence-corrected chi connectivity index (χ4v) is 3.26. The second-order valence-corrected chi connectivity index (χ2v) is 5.40. The smallest absolute Gasteiger partial charge is 0.336 e. The summed E-state index contributed by atoms with van der Waals surface area (Å²) in [5.41, 5.74) is 1.99. The van der Waals surface area contributed by atoms with Crippen molar-refractivity contribution < 1.29 is 14.1 Å². The molecule has 0 aromatic heterocycles.